The van der Waals surface area contributed by atoms with Crippen LogP contribution in [0, 0.1) is 10.1 Å². The van der Waals surface area contributed by atoms with Gasteiger partial charge in [-0.1, -0.05) is 16.5 Å². The Labute approximate surface area is 112 Å². The third-order valence-corrected chi connectivity index (χ3v) is 3.34. The standard InChI is InChI=1S/C8H8ClN3O6S/c9-6-2-1-5(3-7(6)12(14)15)19(16,17)11-18-4-8(10)13/h1-3,11H,4H2,(H2,10,13). The number of amides is 1. The summed E-state index contributed by atoms with van der Waals surface area (Å²) in [4.78, 5) is 25.6. The Balaban J connectivity index is 2.99. The topological polar surface area (TPSA) is 142 Å². The second-order valence-corrected chi connectivity index (χ2v) is 5.26. The van der Waals surface area contributed by atoms with Gasteiger partial charge in [-0.15, -0.1) is 0 Å². The summed E-state index contributed by atoms with van der Waals surface area (Å²) in [6.45, 7) is -0.672. The van der Waals surface area contributed by atoms with Gasteiger partial charge in [0.25, 0.3) is 15.7 Å². The van der Waals surface area contributed by atoms with Gasteiger partial charge >= 0.3 is 0 Å². The smallest absolute Gasteiger partial charge is 0.289 e. The Hall–Kier alpha value is -1.75. The lowest BCUT2D eigenvalue weighted by Crippen LogP contribution is -2.29. The van der Waals surface area contributed by atoms with Crippen molar-refractivity contribution in [2.24, 2.45) is 5.73 Å². The second-order valence-electron chi connectivity index (χ2n) is 3.21. The second kappa shape index (κ2) is 5.93. The molecule has 104 valence electrons. The van der Waals surface area contributed by atoms with Crippen LogP contribution >= 0.6 is 11.6 Å². The van der Waals surface area contributed by atoms with Crippen molar-refractivity contribution in [3.8, 4) is 0 Å². The molecule has 1 aromatic carbocycles. The fourth-order valence-electron chi connectivity index (χ4n) is 1.03. The van der Waals surface area contributed by atoms with Gasteiger partial charge in [0.2, 0.25) is 5.91 Å². The van der Waals surface area contributed by atoms with E-state index in [9.17, 15) is 23.3 Å². The lowest BCUT2D eigenvalue weighted by Gasteiger charge is -2.06. The van der Waals surface area contributed by atoms with E-state index >= 15 is 0 Å². The first kappa shape index (κ1) is 15.3. The van der Waals surface area contributed by atoms with Gasteiger partial charge in [-0.3, -0.25) is 19.7 Å². The van der Waals surface area contributed by atoms with E-state index in [1.807, 2.05) is 0 Å². The molecule has 0 atom stereocenters. The molecule has 0 spiro atoms. The molecule has 1 amide bonds. The van der Waals surface area contributed by atoms with Gasteiger partial charge in [-0.2, -0.15) is 0 Å². The predicted molar refractivity (Wildman–Crippen MR) is 63.6 cm³/mol. The zero-order valence-corrected chi connectivity index (χ0v) is 10.8. The molecule has 0 fully saturated rings. The summed E-state index contributed by atoms with van der Waals surface area (Å²) in [7, 11) is -4.17. The van der Waals surface area contributed by atoms with Crippen LogP contribution in [-0.2, 0) is 19.7 Å². The van der Waals surface area contributed by atoms with Crippen LogP contribution in [-0.4, -0.2) is 25.9 Å². The largest absolute Gasteiger partial charge is 0.368 e. The molecule has 19 heavy (non-hydrogen) atoms. The van der Waals surface area contributed by atoms with E-state index in [1.54, 1.807) is 4.89 Å². The average molecular weight is 310 g/mol. The molecule has 0 unspecified atom stereocenters. The number of nitro groups is 1. The maximum Gasteiger partial charge on any atom is 0.289 e. The molecule has 9 nitrogen and oxygen atoms in total. The van der Waals surface area contributed by atoms with E-state index < -0.39 is 38.0 Å². The summed E-state index contributed by atoms with van der Waals surface area (Å²) in [6, 6.07) is 2.87. The van der Waals surface area contributed by atoms with Gasteiger partial charge < -0.3 is 5.73 Å². The third kappa shape index (κ3) is 4.13. The van der Waals surface area contributed by atoms with Crippen molar-refractivity contribution in [3.05, 3.63) is 33.3 Å². The highest BCUT2D eigenvalue weighted by molar-refractivity contribution is 7.89. The Morgan fingerprint density at radius 1 is 1.53 bits per heavy atom. The van der Waals surface area contributed by atoms with Gasteiger partial charge in [-0.05, 0) is 12.1 Å². The van der Waals surface area contributed by atoms with Crippen molar-refractivity contribution in [1.29, 1.82) is 0 Å². The van der Waals surface area contributed by atoms with Crippen LogP contribution in [0.2, 0.25) is 5.02 Å². The SMILES string of the molecule is NC(=O)CONS(=O)(=O)c1ccc(Cl)c([N+](=O)[O-])c1. The molecule has 0 saturated carbocycles. The number of hydrogen-bond donors (Lipinski definition) is 2. The molecule has 0 saturated heterocycles. The number of sulfonamides is 1. The van der Waals surface area contributed by atoms with Crippen LogP contribution in [0.5, 0.6) is 0 Å². The molecule has 0 aliphatic carbocycles. The van der Waals surface area contributed by atoms with Gasteiger partial charge in [0.1, 0.15) is 11.6 Å². The molecule has 0 bridgehead atoms. The van der Waals surface area contributed by atoms with Crippen LogP contribution in [0.4, 0.5) is 5.69 Å². The fourth-order valence-corrected chi connectivity index (χ4v) is 2.04. The van der Waals surface area contributed by atoms with Crippen molar-refractivity contribution < 1.29 is 23.0 Å². The highest BCUT2D eigenvalue weighted by Crippen LogP contribution is 2.26. The maximum atomic E-state index is 11.6. The lowest BCUT2D eigenvalue weighted by atomic mass is 10.3. The maximum absolute atomic E-state index is 11.6. The number of hydrogen-bond acceptors (Lipinski definition) is 6. The Morgan fingerprint density at radius 2 is 2.16 bits per heavy atom. The summed E-state index contributed by atoms with van der Waals surface area (Å²) in [5, 5.41) is 10.4. The molecule has 0 aromatic heterocycles. The molecule has 11 heteroatoms. The summed E-state index contributed by atoms with van der Waals surface area (Å²) in [5.41, 5.74) is 4.17. The highest BCUT2D eigenvalue weighted by Gasteiger charge is 2.20. The lowest BCUT2D eigenvalue weighted by molar-refractivity contribution is -0.384. The van der Waals surface area contributed by atoms with E-state index in [2.05, 4.69) is 4.84 Å². The van der Waals surface area contributed by atoms with E-state index in [-0.39, 0.29) is 5.02 Å². The number of rotatable bonds is 6. The van der Waals surface area contributed by atoms with Gasteiger partial charge in [0, 0.05) is 6.07 Å². The number of nitrogens with two attached hydrogens (primary N) is 1. The number of nitrogens with zero attached hydrogens (tertiary/aromatic N) is 1. The van der Waals surface area contributed by atoms with Crippen LogP contribution in [0.1, 0.15) is 0 Å². The average Bonchev–Trinajstić information content (AvgIpc) is 2.27. The quantitative estimate of drug-likeness (QED) is 0.557. The number of nitro benzene ring substituents is 1. The molecule has 0 aliphatic rings. The summed E-state index contributed by atoms with van der Waals surface area (Å²) in [6.07, 6.45) is 0. The first-order valence-corrected chi connectivity index (χ1v) is 6.46. The third-order valence-electron chi connectivity index (χ3n) is 1.81. The number of carbonyl (C=O) groups excluding carboxylic acids is 1. The van der Waals surface area contributed by atoms with Gasteiger partial charge in [-0.25, -0.2) is 8.42 Å². The highest BCUT2D eigenvalue weighted by atomic mass is 35.5. The zero-order valence-electron chi connectivity index (χ0n) is 9.20. The summed E-state index contributed by atoms with van der Waals surface area (Å²) < 4.78 is 23.3. The van der Waals surface area contributed by atoms with Gasteiger partial charge in [0.05, 0.1) is 9.82 Å². The van der Waals surface area contributed by atoms with Crippen molar-refractivity contribution in [2.45, 2.75) is 4.90 Å². The van der Waals surface area contributed by atoms with Gasteiger partial charge in [0.15, 0.2) is 0 Å². The molecule has 1 rings (SSSR count). The number of benzene rings is 1. The van der Waals surface area contributed by atoms with Crippen LogP contribution in [0.3, 0.4) is 0 Å². The minimum Gasteiger partial charge on any atom is -0.368 e. The molecule has 0 aliphatic heterocycles. The van der Waals surface area contributed by atoms with Crippen molar-refractivity contribution in [3.63, 3.8) is 0 Å². The molecule has 1 aromatic rings. The predicted octanol–water partition coefficient (Wildman–Crippen LogP) is -0.0566. The van der Waals surface area contributed by atoms with Crippen LogP contribution in [0.25, 0.3) is 0 Å². The number of primary amides is 1. The minimum atomic E-state index is -4.17. The first-order chi connectivity index (χ1) is 8.74. The normalized spacial score (nSPS) is 11.2. The van der Waals surface area contributed by atoms with Crippen LogP contribution in [0.15, 0.2) is 23.1 Å². The van der Waals surface area contributed by atoms with Crippen LogP contribution < -0.4 is 10.6 Å². The fraction of sp³-hybridized carbons (Fsp3) is 0.125. The van der Waals surface area contributed by atoms with E-state index in [1.165, 1.54) is 0 Å². The first-order valence-electron chi connectivity index (χ1n) is 4.60. The molecule has 0 radical (unpaired) electrons. The molecular formula is C8H8ClN3O6S. The Kier molecular flexibility index (Phi) is 4.78. The minimum absolute atomic E-state index is 0.206. The Bertz CT molecular complexity index is 617. The molecular weight excluding hydrogens is 302 g/mol. The summed E-state index contributed by atoms with van der Waals surface area (Å²) in [5.74, 6) is -0.884. The van der Waals surface area contributed by atoms with Crippen molar-refractivity contribution in [2.75, 3.05) is 6.61 Å². The van der Waals surface area contributed by atoms with E-state index in [4.69, 9.17) is 17.3 Å². The van der Waals surface area contributed by atoms with E-state index in [0.717, 1.165) is 18.2 Å². The van der Waals surface area contributed by atoms with Crippen molar-refractivity contribution >= 4 is 33.2 Å². The number of halogens is 1. The summed E-state index contributed by atoms with van der Waals surface area (Å²) >= 11 is 5.54. The number of carbonyl (C=O) groups is 1. The monoisotopic (exact) mass is 309 g/mol. The number of nitrogens with one attached hydrogen (secondary N) is 1. The zero-order chi connectivity index (χ0) is 14.6. The Morgan fingerprint density at radius 3 is 2.68 bits per heavy atom. The molecule has 3 N–H and O–H groups in total. The molecule has 0 heterocycles. The van der Waals surface area contributed by atoms with Crippen molar-refractivity contribution in [1.82, 2.24) is 4.89 Å². The van der Waals surface area contributed by atoms with E-state index in [0.29, 0.717) is 0 Å².